The Morgan fingerprint density at radius 3 is 2.60 bits per heavy atom. The maximum Gasteiger partial charge on any atom is 0.145 e. The van der Waals surface area contributed by atoms with Crippen molar-refractivity contribution in [3.8, 4) is 0 Å². The van der Waals surface area contributed by atoms with E-state index in [1.165, 1.54) is 5.57 Å². The minimum Gasteiger partial charge on any atom is -0.396 e. The number of hydrogen-bond acceptors (Lipinski definition) is 7. The molecule has 1 spiro atoms. The van der Waals surface area contributed by atoms with Crippen molar-refractivity contribution in [3.05, 3.63) is 58.7 Å². The Morgan fingerprint density at radius 2 is 1.98 bits per heavy atom. The number of aliphatic hydroxyl groups excluding tert-OH is 3. The Kier molecular flexibility index (Phi) is 14.2. The lowest BCUT2D eigenvalue weighted by Gasteiger charge is -2.57. The number of carbonyl (C=O) groups excluding carboxylic acids is 1. The molecule has 0 heterocycles. The third-order valence-corrected chi connectivity index (χ3v) is 9.11. The highest BCUT2D eigenvalue weighted by molar-refractivity contribution is 5.74. The number of aliphatic hydroxyl groups is 4. The van der Waals surface area contributed by atoms with Crippen molar-refractivity contribution in [1.29, 1.82) is 0 Å². The van der Waals surface area contributed by atoms with Gasteiger partial charge in [0.1, 0.15) is 13.1 Å². The lowest BCUT2D eigenvalue weighted by molar-refractivity contribution is -0.180. The Morgan fingerprint density at radius 1 is 1.23 bits per heavy atom. The summed E-state index contributed by atoms with van der Waals surface area (Å²) in [6, 6.07) is 0. The highest BCUT2D eigenvalue weighted by Crippen LogP contribution is 2.63. The molecule has 0 aliphatic heterocycles. The number of rotatable bonds is 16. The molecule has 0 bridgehead atoms. The molecule has 0 aromatic rings. The van der Waals surface area contributed by atoms with E-state index in [4.69, 9.17) is 4.74 Å². The summed E-state index contributed by atoms with van der Waals surface area (Å²) in [5, 5.41) is 46.8. The maximum atomic E-state index is 12.3. The van der Waals surface area contributed by atoms with E-state index in [1.54, 1.807) is 0 Å². The van der Waals surface area contributed by atoms with Crippen LogP contribution in [0.1, 0.15) is 78.6 Å². The van der Waals surface area contributed by atoms with Crippen LogP contribution in [0.25, 0.3) is 0 Å². The van der Waals surface area contributed by atoms with Gasteiger partial charge in [0.25, 0.3) is 0 Å². The molecule has 0 saturated heterocycles. The molecule has 5 atom stereocenters. The number of nitrogens with one attached hydrogen (secondary N) is 1. The molecule has 0 unspecified atom stereocenters. The molecule has 0 amide bonds. The molecular weight excluding hydrogens is 506 g/mol. The van der Waals surface area contributed by atoms with E-state index < -0.39 is 23.9 Å². The van der Waals surface area contributed by atoms with Crippen LogP contribution < -0.4 is 5.32 Å². The van der Waals surface area contributed by atoms with Gasteiger partial charge in [0.05, 0.1) is 18.3 Å². The quantitative estimate of drug-likeness (QED) is 0.0620. The first-order valence-electron chi connectivity index (χ1n) is 14.8. The lowest BCUT2D eigenvalue weighted by Crippen LogP contribution is -2.61. The molecule has 2 fully saturated rings. The summed E-state index contributed by atoms with van der Waals surface area (Å²) in [6.45, 7) is 10.5. The number of allylic oxidation sites excluding steroid dienone is 8. The first-order valence-corrected chi connectivity index (χ1v) is 14.8. The molecule has 2 saturated carbocycles. The van der Waals surface area contributed by atoms with Gasteiger partial charge in [-0.25, -0.2) is 0 Å². The van der Waals surface area contributed by atoms with Gasteiger partial charge in [0, 0.05) is 17.9 Å². The lowest BCUT2D eigenvalue weighted by atomic mass is 9.51. The fraction of sp³-hybridized carbons (Fsp3) is 0.667. The summed E-state index contributed by atoms with van der Waals surface area (Å²) >= 11 is 0. The van der Waals surface area contributed by atoms with Crippen molar-refractivity contribution in [2.75, 3.05) is 33.6 Å². The van der Waals surface area contributed by atoms with Crippen LogP contribution >= 0.6 is 0 Å². The second-order valence-corrected chi connectivity index (χ2v) is 11.8. The van der Waals surface area contributed by atoms with Crippen LogP contribution in [0.15, 0.2) is 58.7 Å². The van der Waals surface area contributed by atoms with Crippen molar-refractivity contribution in [2.45, 2.75) is 90.3 Å². The first kappa shape index (κ1) is 34.3. The number of ether oxygens (including phenoxy) is 1. The molecule has 2 aliphatic rings. The van der Waals surface area contributed by atoms with Gasteiger partial charge in [0.15, 0.2) is 0 Å². The standard InChI is InChI=1S/C33H53NO6/c1-24(2)9-6-10-25(3)11-7-12-27(22-40-23-37)29-15-17-33(31(29)38)30(13-8-20-35)28(26(4)21-36)14-16-32(33,39)18-19-34-5/h7,9,11-12,21,29-31,34-35,37-39H,3,6,8,10,13-20,22-23H2,1-2,4-5H3/b11-7+,27-12-,28-26-/t29-,30-,31+,32-,33+/m0/s1. The van der Waals surface area contributed by atoms with Gasteiger partial charge in [-0.05, 0) is 109 Å². The summed E-state index contributed by atoms with van der Waals surface area (Å²) in [5.74, 6) is -0.519. The van der Waals surface area contributed by atoms with E-state index in [0.29, 0.717) is 57.1 Å². The number of carbonyl (C=O) groups is 1. The summed E-state index contributed by atoms with van der Waals surface area (Å²) < 4.78 is 5.42. The van der Waals surface area contributed by atoms with Crippen LogP contribution in [-0.2, 0) is 9.53 Å². The normalized spacial score (nSPS) is 30.2. The maximum absolute atomic E-state index is 12.3. The SMILES string of the molecule is C=C(/C=C/C=C(/COCO)[C@@H]1CC[C@]2([C@@H]1O)[C@@H](CCCO)/C(=C(/C)C=O)CC[C@]2(O)CCNC)CCC=C(C)C. The molecular formula is C33H53NO6. The average molecular weight is 560 g/mol. The van der Waals surface area contributed by atoms with Crippen LogP contribution in [0.3, 0.4) is 0 Å². The fourth-order valence-corrected chi connectivity index (χ4v) is 7.06. The van der Waals surface area contributed by atoms with Gasteiger partial charge in [-0.15, -0.1) is 0 Å². The van der Waals surface area contributed by atoms with Gasteiger partial charge < -0.3 is 30.5 Å². The van der Waals surface area contributed by atoms with Gasteiger partial charge in [-0.2, -0.15) is 0 Å². The highest BCUT2D eigenvalue weighted by atomic mass is 16.6. The third-order valence-electron chi connectivity index (χ3n) is 9.11. The van der Waals surface area contributed by atoms with Crippen LogP contribution in [0.4, 0.5) is 0 Å². The fourth-order valence-electron chi connectivity index (χ4n) is 7.06. The second-order valence-electron chi connectivity index (χ2n) is 11.8. The third kappa shape index (κ3) is 8.11. The Labute approximate surface area is 241 Å². The first-order chi connectivity index (χ1) is 19.1. The summed E-state index contributed by atoms with van der Waals surface area (Å²) in [7, 11) is 1.85. The smallest absolute Gasteiger partial charge is 0.145 e. The molecule has 7 heteroatoms. The second kappa shape index (κ2) is 16.5. The predicted molar refractivity (Wildman–Crippen MR) is 161 cm³/mol. The van der Waals surface area contributed by atoms with Crippen molar-refractivity contribution in [3.63, 3.8) is 0 Å². The van der Waals surface area contributed by atoms with Gasteiger partial charge in [0.2, 0.25) is 0 Å². The van der Waals surface area contributed by atoms with E-state index in [1.807, 2.05) is 32.2 Å². The topological polar surface area (TPSA) is 119 Å². The van der Waals surface area contributed by atoms with Crippen LogP contribution in [0, 0.1) is 17.3 Å². The van der Waals surface area contributed by atoms with E-state index in [0.717, 1.165) is 35.8 Å². The van der Waals surface area contributed by atoms with E-state index in [2.05, 4.69) is 31.8 Å². The van der Waals surface area contributed by atoms with Crippen molar-refractivity contribution in [1.82, 2.24) is 5.32 Å². The average Bonchev–Trinajstić information content (AvgIpc) is 3.27. The Hall–Kier alpha value is -1.87. The van der Waals surface area contributed by atoms with Gasteiger partial charge in [-0.3, -0.25) is 4.79 Å². The van der Waals surface area contributed by atoms with E-state index >= 15 is 0 Å². The molecule has 40 heavy (non-hydrogen) atoms. The molecule has 5 N–H and O–H groups in total. The van der Waals surface area contributed by atoms with E-state index in [9.17, 15) is 25.2 Å². The van der Waals surface area contributed by atoms with Crippen LogP contribution in [0.2, 0.25) is 0 Å². The van der Waals surface area contributed by atoms with Crippen molar-refractivity contribution in [2.24, 2.45) is 17.3 Å². The molecule has 0 aromatic heterocycles. The summed E-state index contributed by atoms with van der Waals surface area (Å²) in [5.41, 5.74) is 2.75. The predicted octanol–water partition coefficient (Wildman–Crippen LogP) is 4.53. The van der Waals surface area contributed by atoms with Crippen LogP contribution in [0.5, 0.6) is 0 Å². The minimum atomic E-state index is -1.14. The van der Waals surface area contributed by atoms with Crippen molar-refractivity contribution < 1.29 is 30.0 Å². The monoisotopic (exact) mass is 559 g/mol. The zero-order valence-corrected chi connectivity index (χ0v) is 25.1. The minimum absolute atomic E-state index is 0.00621. The molecule has 7 nitrogen and oxygen atoms in total. The number of hydrogen-bond donors (Lipinski definition) is 5. The summed E-state index contributed by atoms with van der Waals surface area (Å²) in [4.78, 5) is 11.9. The van der Waals surface area contributed by atoms with Crippen molar-refractivity contribution >= 4 is 6.29 Å². The molecule has 2 rings (SSSR count). The molecule has 0 radical (unpaired) electrons. The number of aldehydes is 1. The van der Waals surface area contributed by atoms with Gasteiger partial charge >= 0.3 is 0 Å². The zero-order chi connectivity index (χ0) is 29.8. The van der Waals surface area contributed by atoms with E-state index in [-0.39, 0.29) is 25.0 Å². The van der Waals surface area contributed by atoms with Gasteiger partial charge in [-0.1, -0.05) is 47.6 Å². The van der Waals surface area contributed by atoms with Crippen LogP contribution in [-0.4, -0.2) is 72.0 Å². The Bertz CT molecular complexity index is 962. The molecule has 226 valence electrons. The molecule has 0 aromatic carbocycles. The largest absolute Gasteiger partial charge is 0.396 e. The zero-order valence-electron chi connectivity index (χ0n) is 25.1. The highest BCUT2D eigenvalue weighted by Gasteiger charge is 2.65. The molecule has 2 aliphatic carbocycles. The summed E-state index contributed by atoms with van der Waals surface area (Å²) in [6.07, 6.45) is 13.7. The Balaban J connectivity index is 2.51.